The van der Waals surface area contributed by atoms with E-state index in [0.29, 0.717) is 26.2 Å². The van der Waals surface area contributed by atoms with Crippen LogP contribution in [0.5, 0.6) is 0 Å². The van der Waals surface area contributed by atoms with Crippen LogP contribution in [-0.2, 0) is 27.4 Å². The molecular weight excluding hydrogens is 304 g/mol. The molecule has 0 aliphatic carbocycles. The third kappa shape index (κ3) is 3.82. The molecule has 2 aromatic rings. The molecule has 0 unspecified atom stereocenters. The second-order valence-corrected chi connectivity index (χ2v) is 5.76. The highest BCUT2D eigenvalue weighted by Gasteiger charge is 2.32. The van der Waals surface area contributed by atoms with Gasteiger partial charge in [-0.25, -0.2) is 0 Å². The Balaban J connectivity index is 1.67. The van der Waals surface area contributed by atoms with Gasteiger partial charge in [0.2, 0.25) is 5.91 Å². The second-order valence-electron chi connectivity index (χ2n) is 5.76. The number of anilines is 1. The summed E-state index contributed by atoms with van der Waals surface area (Å²) >= 11 is 0. The fraction of sp³-hybridized carbons (Fsp3) is 0.316. The average molecular weight is 326 g/mol. The number of methoxy groups -OCH3 is 1. The summed E-state index contributed by atoms with van der Waals surface area (Å²) in [7, 11) is 1.64. The number of hydrogen-bond acceptors (Lipinski definition) is 4. The van der Waals surface area contributed by atoms with Crippen LogP contribution in [0.4, 0.5) is 5.69 Å². The fourth-order valence-corrected chi connectivity index (χ4v) is 2.87. The van der Waals surface area contributed by atoms with Crippen LogP contribution in [0.25, 0.3) is 0 Å². The number of rotatable bonds is 7. The predicted molar refractivity (Wildman–Crippen MR) is 92.5 cm³/mol. The molecule has 0 spiro atoms. The van der Waals surface area contributed by atoms with E-state index in [0.717, 1.165) is 16.8 Å². The molecule has 126 valence electrons. The van der Waals surface area contributed by atoms with E-state index in [2.05, 4.69) is 5.48 Å². The van der Waals surface area contributed by atoms with E-state index in [1.165, 1.54) is 0 Å². The first-order valence-corrected chi connectivity index (χ1v) is 8.09. The van der Waals surface area contributed by atoms with Gasteiger partial charge in [-0.3, -0.25) is 9.63 Å². The van der Waals surface area contributed by atoms with Crippen LogP contribution in [0.15, 0.2) is 54.6 Å². The van der Waals surface area contributed by atoms with Gasteiger partial charge in [-0.2, -0.15) is 5.48 Å². The summed E-state index contributed by atoms with van der Waals surface area (Å²) in [5.74, 6) is 0.0128. The molecule has 0 radical (unpaired) electrons. The van der Waals surface area contributed by atoms with Crippen molar-refractivity contribution in [1.29, 1.82) is 0 Å². The molecule has 0 saturated heterocycles. The van der Waals surface area contributed by atoms with Crippen LogP contribution >= 0.6 is 0 Å². The predicted octanol–water partition coefficient (Wildman–Crippen LogP) is 2.31. The minimum Gasteiger partial charge on any atom is -0.383 e. The van der Waals surface area contributed by atoms with Crippen molar-refractivity contribution < 1.29 is 14.4 Å². The van der Waals surface area contributed by atoms with E-state index in [4.69, 9.17) is 9.57 Å². The maximum absolute atomic E-state index is 12.8. The van der Waals surface area contributed by atoms with Crippen LogP contribution in [0.2, 0.25) is 0 Å². The highest BCUT2D eigenvalue weighted by atomic mass is 16.6. The molecule has 1 aliphatic rings. The Morgan fingerprint density at radius 1 is 1.12 bits per heavy atom. The maximum Gasteiger partial charge on any atom is 0.246 e. The van der Waals surface area contributed by atoms with Crippen LogP contribution in [0, 0.1) is 0 Å². The van der Waals surface area contributed by atoms with Crippen molar-refractivity contribution in [2.75, 3.05) is 25.2 Å². The average Bonchev–Trinajstić information content (AvgIpc) is 2.62. The molecule has 1 aliphatic heterocycles. The molecule has 24 heavy (non-hydrogen) atoms. The SMILES string of the molecule is COCCN1C(=O)[C@H](NOCc2ccccc2)Cc2ccccc21. The number of para-hydroxylation sites is 1. The first-order chi connectivity index (χ1) is 11.8. The van der Waals surface area contributed by atoms with E-state index in [1.54, 1.807) is 12.0 Å². The number of nitrogens with zero attached hydrogens (tertiary/aromatic N) is 1. The number of hydroxylamine groups is 1. The lowest BCUT2D eigenvalue weighted by molar-refractivity contribution is -0.126. The van der Waals surface area contributed by atoms with Gasteiger partial charge in [-0.15, -0.1) is 0 Å². The molecule has 2 aromatic carbocycles. The van der Waals surface area contributed by atoms with Gasteiger partial charge in [0, 0.05) is 25.8 Å². The van der Waals surface area contributed by atoms with Gasteiger partial charge >= 0.3 is 0 Å². The zero-order valence-corrected chi connectivity index (χ0v) is 13.8. The van der Waals surface area contributed by atoms with Crippen molar-refractivity contribution >= 4 is 11.6 Å². The lowest BCUT2D eigenvalue weighted by Gasteiger charge is -2.34. The van der Waals surface area contributed by atoms with Crippen molar-refractivity contribution in [3.63, 3.8) is 0 Å². The Kier molecular flexibility index (Phi) is 5.59. The first-order valence-electron chi connectivity index (χ1n) is 8.09. The highest BCUT2D eigenvalue weighted by molar-refractivity contribution is 6.00. The number of carbonyl (C=O) groups excluding carboxylic acids is 1. The van der Waals surface area contributed by atoms with Gasteiger partial charge in [0.05, 0.1) is 13.2 Å². The third-order valence-corrected chi connectivity index (χ3v) is 4.10. The standard InChI is InChI=1S/C19H22N2O3/c1-23-12-11-21-18-10-6-5-9-16(18)13-17(19(21)22)20-24-14-15-7-3-2-4-8-15/h2-10,17,20H,11-14H2,1H3/t17-/m1/s1. The van der Waals surface area contributed by atoms with Crippen LogP contribution < -0.4 is 10.4 Å². The fourth-order valence-electron chi connectivity index (χ4n) is 2.87. The molecular formula is C19H22N2O3. The first kappa shape index (κ1) is 16.6. The number of ether oxygens (including phenoxy) is 1. The molecule has 1 heterocycles. The Morgan fingerprint density at radius 2 is 1.88 bits per heavy atom. The molecule has 0 fully saturated rings. The molecule has 0 saturated carbocycles. The maximum atomic E-state index is 12.8. The number of carbonyl (C=O) groups is 1. The van der Waals surface area contributed by atoms with E-state index in [9.17, 15) is 4.79 Å². The van der Waals surface area contributed by atoms with E-state index < -0.39 is 0 Å². The molecule has 1 amide bonds. The minimum absolute atomic E-state index is 0.0128. The Hall–Kier alpha value is -2.21. The summed E-state index contributed by atoms with van der Waals surface area (Å²) in [6, 6.07) is 17.5. The van der Waals surface area contributed by atoms with Crippen molar-refractivity contribution in [2.45, 2.75) is 19.1 Å². The smallest absolute Gasteiger partial charge is 0.246 e. The monoisotopic (exact) mass is 326 g/mol. The van der Waals surface area contributed by atoms with Gasteiger partial charge in [0.25, 0.3) is 0 Å². The van der Waals surface area contributed by atoms with Gasteiger partial charge < -0.3 is 9.64 Å². The quantitative estimate of drug-likeness (QED) is 0.793. The second kappa shape index (κ2) is 8.06. The highest BCUT2D eigenvalue weighted by Crippen LogP contribution is 2.27. The van der Waals surface area contributed by atoms with Gasteiger partial charge in [0.1, 0.15) is 6.04 Å². The largest absolute Gasteiger partial charge is 0.383 e. The van der Waals surface area contributed by atoms with Gasteiger partial charge in [0.15, 0.2) is 0 Å². The lowest BCUT2D eigenvalue weighted by atomic mass is 9.97. The number of nitrogens with one attached hydrogen (secondary N) is 1. The molecule has 5 heteroatoms. The lowest BCUT2D eigenvalue weighted by Crippen LogP contribution is -2.52. The van der Waals surface area contributed by atoms with Crippen molar-refractivity contribution in [3.8, 4) is 0 Å². The summed E-state index contributed by atoms with van der Waals surface area (Å²) in [4.78, 5) is 20.1. The molecule has 5 nitrogen and oxygen atoms in total. The van der Waals surface area contributed by atoms with Crippen LogP contribution in [0.3, 0.4) is 0 Å². The number of fused-ring (bicyclic) bond motifs is 1. The summed E-state index contributed by atoms with van der Waals surface area (Å²) in [6.45, 7) is 1.45. The summed E-state index contributed by atoms with van der Waals surface area (Å²) in [6.07, 6.45) is 0.618. The van der Waals surface area contributed by atoms with Gasteiger partial charge in [-0.05, 0) is 17.2 Å². The minimum atomic E-state index is -0.388. The molecule has 0 aromatic heterocycles. The normalized spacial score (nSPS) is 17.0. The summed E-state index contributed by atoms with van der Waals surface area (Å²) in [5.41, 5.74) is 6.09. The van der Waals surface area contributed by atoms with Crippen LogP contribution in [0.1, 0.15) is 11.1 Å². The Morgan fingerprint density at radius 3 is 2.67 bits per heavy atom. The van der Waals surface area contributed by atoms with E-state index in [1.807, 2.05) is 54.6 Å². The number of hydrogen-bond donors (Lipinski definition) is 1. The Labute approximate surface area is 142 Å². The number of amides is 1. The van der Waals surface area contributed by atoms with Crippen LogP contribution in [-0.4, -0.2) is 32.2 Å². The Bertz CT molecular complexity index is 675. The summed E-state index contributed by atoms with van der Waals surface area (Å²) < 4.78 is 5.14. The zero-order valence-electron chi connectivity index (χ0n) is 13.8. The molecule has 1 atom stereocenters. The topological polar surface area (TPSA) is 50.8 Å². The zero-order chi connectivity index (χ0) is 16.8. The third-order valence-electron chi connectivity index (χ3n) is 4.10. The molecule has 1 N–H and O–H groups in total. The molecule has 3 rings (SSSR count). The van der Waals surface area contributed by atoms with Crippen molar-refractivity contribution in [1.82, 2.24) is 5.48 Å². The summed E-state index contributed by atoms with van der Waals surface area (Å²) in [5, 5.41) is 0. The van der Waals surface area contributed by atoms with Gasteiger partial charge in [-0.1, -0.05) is 48.5 Å². The van der Waals surface area contributed by atoms with E-state index in [-0.39, 0.29) is 11.9 Å². The molecule has 0 bridgehead atoms. The van der Waals surface area contributed by atoms with E-state index >= 15 is 0 Å². The van der Waals surface area contributed by atoms with Crippen molar-refractivity contribution in [3.05, 3.63) is 65.7 Å². The van der Waals surface area contributed by atoms with Crippen molar-refractivity contribution in [2.24, 2.45) is 0 Å². The number of benzene rings is 2.